The number of hydrogen-bond donors (Lipinski definition) is 1. The highest BCUT2D eigenvalue weighted by atomic mass is 16.2. The van der Waals surface area contributed by atoms with Crippen molar-refractivity contribution in [2.45, 2.75) is 26.3 Å². The van der Waals surface area contributed by atoms with E-state index in [1.165, 1.54) is 17.8 Å². The summed E-state index contributed by atoms with van der Waals surface area (Å²) in [5.74, 6) is 0.916. The number of nitrogens with one attached hydrogen (secondary N) is 1. The monoisotopic (exact) mass is 331 g/mol. The predicted molar refractivity (Wildman–Crippen MR) is 90.5 cm³/mol. The molecule has 3 heterocycles. The van der Waals surface area contributed by atoms with Crippen molar-refractivity contribution in [2.75, 3.05) is 18.0 Å². The van der Waals surface area contributed by atoms with Crippen LogP contribution in [0.2, 0.25) is 0 Å². The maximum Gasteiger partial charge on any atom is 0.329 e. The molecule has 0 radical (unpaired) electrons. The van der Waals surface area contributed by atoms with Gasteiger partial charge in [0, 0.05) is 38.8 Å². The van der Waals surface area contributed by atoms with Gasteiger partial charge in [-0.2, -0.15) is 5.10 Å². The van der Waals surface area contributed by atoms with Gasteiger partial charge < -0.3 is 4.90 Å². The van der Waals surface area contributed by atoms with E-state index >= 15 is 0 Å². The number of anilines is 1. The van der Waals surface area contributed by atoms with Gasteiger partial charge in [0.2, 0.25) is 0 Å². The zero-order valence-corrected chi connectivity index (χ0v) is 13.9. The average molecular weight is 331 g/mol. The Balaban J connectivity index is 1.68. The fraction of sp³-hybridized carbons (Fsp3) is 0.500. The van der Waals surface area contributed by atoms with Crippen LogP contribution in [0.15, 0.2) is 32.6 Å². The third kappa shape index (κ3) is 3.32. The molecule has 1 aliphatic heterocycles. The van der Waals surface area contributed by atoms with E-state index in [0.29, 0.717) is 18.3 Å². The van der Waals surface area contributed by atoms with Crippen molar-refractivity contribution >= 4 is 5.82 Å². The SMILES string of the molecule is Cc1ccc(=O)n(CC2CCN(c3cc(=O)n(C)c(=O)[nH]3)CC2)n1. The Kier molecular flexibility index (Phi) is 4.37. The van der Waals surface area contributed by atoms with Gasteiger partial charge in [-0.25, -0.2) is 9.48 Å². The van der Waals surface area contributed by atoms with Gasteiger partial charge in [-0.05, 0) is 31.7 Å². The number of hydrogen-bond acceptors (Lipinski definition) is 5. The lowest BCUT2D eigenvalue weighted by molar-refractivity contribution is 0.333. The minimum atomic E-state index is -0.407. The maximum atomic E-state index is 11.9. The standard InChI is InChI=1S/C16H21N5O3/c1-11-3-4-14(22)21(18-11)10-12-5-7-20(8-6-12)13-9-15(23)19(2)16(24)17-13/h3-4,9,12H,5-8,10H2,1-2H3,(H,17,24). The molecule has 1 N–H and O–H groups in total. The van der Waals surface area contributed by atoms with Crippen molar-refractivity contribution < 1.29 is 0 Å². The van der Waals surface area contributed by atoms with Crippen LogP contribution >= 0.6 is 0 Å². The molecule has 0 saturated carbocycles. The first-order valence-corrected chi connectivity index (χ1v) is 8.04. The summed E-state index contributed by atoms with van der Waals surface area (Å²) in [6.07, 6.45) is 1.75. The van der Waals surface area contributed by atoms with Gasteiger partial charge in [-0.15, -0.1) is 0 Å². The van der Waals surface area contributed by atoms with E-state index in [4.69, 9.17) is 0 Å². The highest BCUT2D eigenvalue weighted by Crippen LogP contribution is 2.21. The van der Waals surface area contributed by atoms with Crippen LogP contribution in [-0.4, -0.2) is 32.4 Å². The van der Waals surface area contributed by atoms with E-state index < -0.39 is 5.69 Å². The molecular formula is C16H21N5O3. The molecule has 8 heteroatoms. The average Bonchev–Trinajstić information content (AvgIpc) is 2.56. The molecule has 2 aromatic rings. The molecule has 0 aromatic carbocycles. The van der Waals surface area contributed by atoms with Crippen LogP contribution in [0.25, 0.3) is 0 Å². The van der Waals surface area contributed by atoms with Crippen LogP contribution in [0, 0.1) is 12.8 Å². The quantitative estimate of drug-likeness (QED) is 0.845. The molecule has 1 fully saturated rings. The first kappa shape index (κ1) is 16.2. The first-order chi connectivity index (χ1) is 11.4. The number of H-pyrrole nitrogens is 1. The zero-order valence-electron chi connectivity index (χ0n) is 13.9. The Morgan fingerprint density at radius 2 is 1.88 bits per heavy atom. The molecule has 2 aromatic heterocycles. The van der Waals surface area contributed by atoms with Gasteiger partial charge in [-0.1, -0.05) is 0 Å². The molecule has 1 saturated heterocycles. The number of rotatable bonds is 3. The van der Waals surface area contributed by atoms with Crippen molar-refractivity contribution in [2.24, 2.45) is 13.0 Å². The van der Waals surface area contributed by atoms with Gasteiger partial charge >= 0.3 is 5.69 Å². The highest BCUT2D eigenvalue weighted by molar-refractivity contribution is 5.37. The largest absolute Gasteiger partial charge is 0.358 e. The summed E-state index contributed by atoms with van der Waals surface area (Å²) in [4.78, 5) is 40.1. The summed E-state index contributed by atoms with van der Waals surface area (Å²) in [6.45, 7) is 3.93. The molecule has 0 spiro atoms. The second-order valence-corrected chi connectivity index (χ2v) is 6.28. The minimum absolute atomic E-state index is 0.0843. The fourth-order valence-corrected chi connectivity index (χ4v) is 3.00. The summed E-state index contributed by atoms with van der Waals surface area (Å²) in [6, 6.07) is 4.71. The van der Waals surface area contributed by atoms with Crippen molar-refractivity contribution in [1.82, 2.24) is 19.3 Å². The molecule has 128 valence electrons. The van der Waals surface area contributed by atoms with Gasteiger partial charge in [-0.3, -0.25) is 19.1 Å². The topological polar surface area (TPSA) is 93.0 Å². The molecule has 8 nitrogen and oxygen atoms in total. The number of aromatic amines is 1. The summed E-state index contributed by atoms with van der Waals surface area (Å²) in [5, 5.41) is 4.28. The van der Waals surface area contributed by atoms with Crippen molar-refractivity contribution in [1.29, 1.82) is 0 Å². The number of aromatic nitrogens is 4. The lowest BCUT2D eigenvalue weighted by Gasteiger charge is -2.33. The van der Waals surface area contributed by atoms with Crippen LogP contribution in [0.1, 0.15) is 18.5 Å². The minimum Gasteiger partial charge on any atom is -0.358 e. The molecule has 1 aliphatic rings. The van der Waals surface area contributed by atoms with Crippen LogP contribution in [0.5, 0.6) is 0 Å². The molecule has 0 aliphatic carbocycles. The van der Waals surface area contributed by atoms with Gasteiger partial charge in [0.05, 0.1) is 5.69 Å². The molecule has 0 amide bonds. The molecular weight excluding hydrogens is 310 g/mol. The van der Waals surface area contributed by atoms with Crippen LogP contribution in [0.3, 0.4) is 0 Å². The van der Waals surface area contributed by atoms with E-state index in [1.807, 2.05) is 11.8 Å². The van der Waals surface area contributed by atoms with E-state index in [9.17, 15) is 14.4 Å². The summed E-state index contributed by atoms with van der Waals surface area (Å²) in [5.41, 5.74) is 0.0187. The Hall–Kier alpha value is -2.64. The van der Waals surface area contributed by atoms with Crippen molar-refractivity contribution in [3.05, 3.63) is 55.1 Å². The Morgan fingerprint density at radius 3 is 2.54 bits per heavy atom. The summed E-state index contributed by atoms with van der Waals surface area (Å²) < 4.78 is 2.57. The van der Waals surface area contributed by atoms with Crippen molar-refractivity contribution in [3.8, 4) is 0 Å². The lowest BCUT2D eigenvalue weighted by atomic mass is 9.97. The Bertz CT molecular complexity index is 872. The highest BCUT2D eigenvalue weighted by Gasteiger charge is 2.21. The molecule has 3 rings (SSSR count). The Morgan fingerprint density at radius 1 is 1.17 bits per heavy atom. The molecule has 0 atom stereocenters. The summed E-state index contributed by atoms with van der Waals surface area (Å²) >= 11 is 0. The first-order valence-electron chi connectivity index (χ1n) is 8.04. The smallest absolute Gasteiger partial charge is 0.329 e. The maximum absolute atomic E-state index is 11.9. The van der Waals surface area contributed by atoms with Crippen LogP contribution in [-0.2, 0) is 13.6 Å². The Labute approximate surface area is 138 Å². The van der Waals surface area contributed by atoms with E-state index in [2.05, 4.69) is 10.1 Å². The number of nitrogens with zero attached hydrogens (tertiary/aromatic N) is 4. The normalized spacial score (nSPS) is 15.7. The summed E-state index contributed by atoms with van der Waals surface area (Å²) in [7, 11) is 1.45. The zero-order chi connectivity index (χ0) is 17.3. The number of piperidine rings is 1. The van der Waals surface area contributed by atoms with E-state index in [1.54, 1.807) is 12.1 Å². The van der Waals surface area contributed by atoms with Gasteiger partial charge in [0.1, 0.15) is 5.82 Å². The third-order valence-electron chi connectivity index (χ3n) is 4.52. The van der Waals surface area contributed by atoms with Gasteiger partial charge in [0.15, 0.2) is 0 Å². The van der Waals surface area contributed by atoms with Crippen molar-refractivity contribution in [3.63, 3.8) is 0 Å². The number of aryl methyl sites for hydroxylation is 1. The van der Waals surface area contributed by atoms with E-state index in [0.717, 1.165) is 36.2 Å². The molecule has 0 unspecified atom stereocenters. The fourth-order valence-electron chi connectivity index (χ4n) is 3.00. The van der Waals surface area contributed by atoms with Crippen LogP contribution < -0.4 is 21.7 Å². The van der Waals surface area contributed by atoms with Gasteiger partial charge in [0.25, 0.3) is 11.1 Å². The molecule has 0 bridgehead atoms. The lowest BCUT2D eigenvalue weighted by Crippen LogP contribution is -2.40. The van der Waals surface area contributed by atoms with E-state index in [-0.39, 0.29) is 11.1 Å². The third-order valence-corrected chi connectivity index (χ3v) is 4.52. The second kappa shape index (κ2) is 6.46. The second-order valence-electron chi connectivity index (χ2n) is 6.28. The van der Waals surface area contributed by atoms with Crippen LogP contribution in [0.4, 0.5) is 5.82 Å². The predicted octanol–water partition coefficient (Wildman–Crippen LogP) is -0.145. The molecule has 24 heavy (non-hydrogen) atoms.